The Labute approximate surface area is 112 Å². The van der Waals surface area contributed by atoms with Gasteiger partial charge in [-0.15, -0.1) is 11.6 Å². The molecule has 0 saturated carbocycles. The smallest absolute Gasteiger partial charge is 0.215 e. The molecule has 0 aromatic heterocycles. The lowest BCUT2D eigenvalue weighted by Gasteiger charge is -2.17. The number of halogens is 1. The monoisotopic (exact) mass is 293 g/mol. The minimum atomic E-state index is -3.34. The van der Waals surface area contributed by atoms with Crippen molar-refractivity contribution in [1.82, 2.24) is 4.31 Å². The summed E-state index contributed by atoms with van der Waals surface area (Å²) in [5.74, 6) is 0.300. The average Bonchev–Trinajstić information content (AvgIpc) is 2.31. The van der Waals surface area contributed by atoms with Crippen LogP contribution in [0, 0.1) is 0 Å². The van der Waals surface area contributed by atoms with Crippen LogP contribution in [0.25, 0.3) is 0 Å². The van der Waals surface area contributed by atoms with Crippen molar-refractivity contribution in [1.29, 1.82) is 0 Å². The highest BCUT2D eigenvalue weighted by atomic mass is 35.5. The molecular weight excluding hydrogens is 278 g/mol. The van der Waals surface area contributed by atoms with E-state index in [1.807, 2.05) is 0 Å². The zero-order valence-corrected chi connectivity index (χ0v) is 11.8. The number of alkyl halides is 1. The fourth-order valence-electron chi connectivity index (χ4n) is 1.43. The number of rotatable bonds is 6. The van der Waals surface area contributed by atoms with Crippen molar-refractivity contribution in [3.8, 4) is 11.5 Å². The summed E-state index contributed by atoms with van der Waals surface area (Å²) >= 11 is 5.44. The molecule has 0 aliphatic carbocycles. The van der Waals surface area contributed by atoms with Crippen molar-refractivity contribution < 1.29 is 18.3 Å². The van der Waals surface area contributed by atoms with Gasteiger partial charge in [0.05, 0.1) is 12.9 Å². The van der Waals surface area contributed by atoms with Crippen molar-refractivity contribution in [2.75, 3.05) is 25.8 Å². The van der Waals surface area contributed by atoms with Crippen LogP contribution < -0.4 is 4.74 Å². The topological polar surface area (TPSA) is 66.8 Å². The normalized spacial score (nSPS) is 11.8. The summed E-state index contributed by atoms with van der Waals surface area (Å²) in [7, 11) is -0.416. The van der Waals surface area contributed by atoms with Crippen LogP contribution in [0.2, 0.25) is 0 Å². The van der Waals surface area contributed by atoms with Gasteiger partial charge in [0.2, 0.25) is 10.0 Å². The summed E-state index contributed by atoms with van der Waals surface area (Å²) in [5.41, 5.74) is 0.727. The molecule has 5 nitrogen and oxygen atoms in total. The highest BCUT2D eigenvalue weighted by molar-refractivity contribution is 7.89. The first-order valence-electron chi connectivity index (χ1n) is 5.26. The molecular formula is C11H16ClNO4S. The number of sulfonamides is 1. The Kier molecular flexibility index (Phi) is 5.25. The van der Waals surface area contributed by atoms with E-state index in [0.29, 0.717) is 5.75 Å². The van der Waals surface area contributed by atoms with Gasteiger partial charge in [0.15, 0.2) is 11.5 Å². The van der Waals surface area contributed by atoms with Gasteiger partial charge in [-0.05, 0) is 17.7 Å². The maximum Gasteiger partial charge on any atom is 0.215 e. The number of methoxy groups -OCH3 is 1. The van der Waals surface area contributed by atoms with Crippen molar-refractivity contribution in [2.24, 2.45) is 0 Å². The molecule has 0 atom stereocenters. The number of ether oxygens (including phenoxy) is 1. The summed E-state index contributed by atoms with van der Waals surface area (Å²) < 4.78 is 29.6. The highest BCUT2D eigenvalue weighted by Gasteiger charge is 2.17. The number of phenols is 1. The second-order valence-electron chi connectivity index (χ2n) is 3.77. The average molecular weight is 294 g/mol. The molecule has 102 valence electrons. The fourth-order valence-corrected chi connectivity index (χ4v) is 2.87. The largest absolute Gasteiger partial charge is 0.504 e. The second-order valence-corrected chi connectivity index (χ2v) is 6.34. The molecule has 18 heavy (non-hydrogen) atoms. The zero-order valence-electron chi connectivity index (χ0n) is 10.3. The Balaban J connectivity index is 2.85. The molecule has 7 heteroatoms. The molecule has 1 aromatic carbocycles. The van der Waals surface area contributed by atoms with Crippen LogP contribution in [0.15, 0.2) is 18.2 Å². The molecule has 0 unspecified atom stereocenters. The number of nitrogens with zero attached hydrogens (tertiary/aromatic N) is 1. The molecule has 1 rings (SSSR count). The third-order valence-corrected chi connectivity index (χ3v) is 4.67. The molecule has 0 saturated heterocycles. The summed E-state index contributed by atoms with van der Waals surface area (Å²) in [4.78, 5) is 0. The van der Waals surface area contributed by atoms with Gasteiger partial charge in [-0.1, -0.05) is 6.07 Å². The van der Waals surface area contributed by atoms with Crippen molar-refractivity contribution in [3.05, 3.63) is 23.8 Å². The van der Waals surface area contributed by atoms with E-state index in [1.165, 1.54) is 24.5 Å². The predicted molar refractivity (Wildman–Crippen MR) is 70.6 cm³/mol. The molecule has 0 aliphatic rings. The first kappa shape index (κ1) is 15.1. The number of hydrogen-bond acceptors (Lipinski definition) is 4. The molecule has 0 aliphatic heterocycles. The van der Waals surface area contributed by atoms with Crippen LogP contribution in [-0.2, 0) is 16.6 Å². The zero-order chi connectivity index (χ0) is 13.8. The van der Waals surface area contributed by atoms with Crippen molar-refractivity contribution in [3.63, 3.8) is 0 Å². The van der Waals surface area contributed by atoms with E-state index in [-0.39, 0.29) is 23.9 Å². The third kappa shape index (κ3) is 3.76. The number of aromatic hydroxyl groups is 1. The summed E-state index contributed by atoms with van der Waals surface area (Å²) in [5, 5.41) is 9.44. The van der Waals surface area contributed by atoms with Gasteiger partial charge in [-0.2, -0.15) is 0 Å². The van der Waals surface area contributed by atoms with E-state index in [0.717, 1.165) is 5.56 Å². The summed E-state index contributed by atoms with van der Waals surface area (Å²) in [6.07, 6.45) is 0. The molecule has 1 aromatic rings. The van der Waals surface area contributed by atoms with E-state index < -0.39 is 10.0 Å². The third-order valence-electron chi connectivity index (χ3n) is 2.46. The van der Waals surface area contributed by atoms with E-state index in [1.54, 1.807) is 12.1 Å². The minimum Gasteiger partial charge on any atom is -0.504 e. The van der Waals surface area contributed by atoms with Gasteiger partial charge in [0.25, 0.3) is 0 Å². The van der Waals surface area contributed by atoms with Crippen LogP contribution in [0.5, 0.6) is 11.5 Å². The standard InChI is InChI=1S/C11H16ClNO4S/c1-13(18(15,16)6-5-12)8-9-3-4-10(14)11(7-9)17-2/h3-4,7,14H,5-6,8H2,1-2H3. The van der Waals surface area contributed by atoms with Crippen LogP contribution in [-0.4, -0.2) is 43.6 Å². The Hall–Kier alpha value is -0.980. The molecule has 0 radical (unpaired) electrons. The van der Waals surface area contributed by atoms with E-state index in [9.17, 15) is 13.5 Å². The van der Waals surface area contributed by atoms with Gasteiger partial charge in [0.1, 0.15) is 0 Å². The van der Waals surface area contributed by atoms with Gasteiger partial charge < -0.3 is 9.84 Å². The van der Waals surface area contributed by atoms with Crippen LogP contribution in [0.4, 0.5) is 0 Å². The molecule has 0 heterocycles. The molecule has 1 N–H and O–H groups in total. The first-order valence-corrected chi connectivity index (χ1v) is 7.41. The van der Waals surface area contributed by atoms with Gasteiger partial charge >= 0.3 is 0 Å². The maximum atomic E-state index is 11.7. The number of phenolic OH excluding ortho intramolecular Hbond substituents is 1. The molecule has 0 spiro atoms. The molecule has 0 amide bonds. The molecule has 0 bridgehead atoms. The lowest BCUT2D eigenvalue weighted by molar-refractivity contribution is 0.372. The Morgan fingerprint density at radius 1 is 1.44 bits per heavy atom. The quantitative estimate of drug-likeness (QED) is 0.805. The lowest BCUT2D eigenvalue weighted by Crippen LogP contribution is -2.29. The Bertz CT molecular complexity index is 504. The molecule has 0 fully saturated rings. The first-order chi connectivity index (χ1) is 8.40. The van der Waals surface area contributed by atoms with Crippen LogP contribution in [0.3, 0.4) is 0 Å². The minimum absolute atomic E-state index is 0.0209. The van der Waals surface area contributed by atoms with Crippen molar-refractivity contribution in [2.45, 2.75) is 6.54 Å². The predicted octanol–water partition coefficient (Wildman–Crippen LogP) is 1.40. The van der Waals surface area contributed by atoms with E-state index in [2.05, 4.69) is 0 Å². The summed E-state index contributed by atoms with van der Waals surface area (Å²) in [6, 6.07) is 4.71. The Morgan fingerprint density at radius 2 is 2.11 bits per heavy atom. The van der Waals surface area contributed by atoms with Gasteiger partial charge in [0, 0.05) is 19.5 Å². The summed E-state index contributed by atoms with van der Waals surface area (Å²) in [6.45, 7) is 0.204. The highest BCUT2D eigenvalue weighted by Crippen LogP contribution is 2.26. The van der Waals surface area contributed by atoms with Crippen molar-refractivity contribution >= 4 is 21.6 Å². The fraction of sp³-hybridized carbons (Fsp3) is 0.455. The van der Waals surface area contributed by atoms with E-state index in [4.69, 9.17) is 16.3 Å². The maximum absolute atomic E-state index is 11.7. The van der Waals surface area contributed by atoms with E-state index >= 15 is 0 Å². The number of hydrogen-bond donors (Lipinski definition) is 1. The van der Waals surface area contributed by atoms with Gasteiger partial charge in [-0.3, -0.25) is 0 Å². The number of benzene rings is 1. The van der Waals surface area contributed by atoms with Crippen LogP contribution >= 0.6 is 11.6 Å². The van der Waals surface area contributed by atoms with Gasteiger partial charge in [-0.25, -0.2) is 12.7 Å². The second kappa shape index (κ2) is 6.26. The van der Waals surface area contributed by atoms with Crippen LogP contribution in [0.1, 0.15) is 5.56 Å². The lowest BCUT2D eigenvalue weighted by atomic mass is 10.2. The SMILES string of the molecule is COc1cc(CN(C)S(=O)(=O)CCCl)ccc1O. The Morgan fingerprint density at radius 3 is 2.67 bits per heavy atom.